The lowest BCUT2D eigenvalue weighted by atomic mass is 9.98. The van der Waals surface area contributed by atoms with Gasteiger partial charge in [-0.25, -0.2) is 17.6 Å². The number of nitrogens with zero attached hydrogens (tertiary/aromatic N) is 1. The van der Waals surface area contributed by atoms with Gasteiger partial charge in [0.2, 0.25) is 0 Å². The number of sulfonamides is 1. The van der Waals surface area contributed by atoms with Crippen molar-refractivity contribution in [1.82, 2.24) is 4.90 Å². The van der Waals surface area contributed by atoms with E-state index in [0.29, 0.717) is 31.1 Å². The lowest BCUT2D eigenvalue weighted by Crippen LogP contribution is -2.36. The summed E-state index contributed by atoms with van der Waals surface area (Å²) < 4.78 is 65.0. The molecule has 1 saturated heterocycles. The third kappa shape index (κ3) is 5.10. The summed E-state index contributed by atoms with van der Waals surface area (Å²) in [5.74, 6) is -0.563. The van der Waals surface area contributed by atoms with Crippen LogP contribution in [-0.2, 0) is 26.1 Å². The van der Waals surface area contributed by atoms with Crippen LogP contribution in [0.3, 0.4) is 0 Å². The highest BCUT2D eigenvalue weighted by atomic mass is 32.2. The number of nitrogens with one attached hydrogen (secondary N) is 1. The molecule has 1 aromatic heterocycles. The number of fused-ring (bicyclic) bond motifs is 3. The van der Waals surface area contributed by atoms with Crippen molar-refractivity contribution in [3.8, 4) is 16.9 Å². The van der Waals surface area contributed by atoms with Crippen molar-refractivity contribution >= 4 is 27.8 Å². The second-order valence-electron chi connectivity index (χ2n) is 8.51. The van der Waals surface area contributed by atoms with Gasteiger partial charge in [-0.15, -0.1) is 0 Å². The number of carbonyl (C=O) groups excluding carboxylic acids is 1. The second kappa shape index (κ2) is 10.4. The third-order valence-corrected chi connectivity index (χ3v) is 7.64. The lowest BCUT2D eigenvalue weighted by Gasteiger charge is -2.25. The van der Waals surface area contributed by atoms with Crippen LogP contribution in [0.2, 0.25) is 0 Å². The molecule has 2 aromatic carbocycles. The van der Waals surface area contributed by atoms with E-state index in [4.69, 9.17) is 18.6 Å². The van der Waals surface area contributed by atoms with Gasteiger partial charge >= 0.3 is 5.97 Å². The van der Waals surface area contributed by atoms with Gasteiger partial charge in [0.25, 0.3) is 10.0 Å². The van der Waals surface area contributed by atoms with Gasteiger partial charge in [-0.05, 0) is 42.0 Å². The first-order chi connectivity index (χ1) is 17.9. The van der Waals surface area contributed by atoms with Gasteiger partial charge in [-0.3, -0.25) is 9.62 Å². The molecular weight excluding hydrogens is 503 g/mol. The largest absolute Gasteiger partial charge is 0.484 e. The Morgan fingerprint density at radius 3 is 2.76 bits per heavy atom. The zero-order chi connectivity index (χ0) is 26.0. The molecule has 0 amide bonds. The Bertz CT molecular complexity index is 1460. The summed E-state index contributed by atoms with van der Waals surface area (Å²) in [5.41, 5.74) is 1.41. The Hall–Kier alpha value is -3.67. The number of hydrogen-bond acceptors (Lipinski definition) is 8. The van der Waals surface area contributed by atoms with E-state index < -0.39 is 21.8 Å². The summed E-state index contributed by atoms with van der Waals surface area (Å²) in [6.45, 7) is 3.43. The van der Waals surface area contributed by atoms with Crippen molar-refractivity contribution in [2.45, 2.75) is 11.5 Å². The fraction of sp³-hybridized carbons (Fsp3) is 0.269. The molecule has 0 bridgehead atoms. The van der Waals surface area contributed by atoms with E-state index in [1.165, 1.54) is 25.5 Å². The highest BCUT2D eigenvalue weighted by Gasteiger charge is 2.30. The molecular formula is C26H25FN2O7S. The van der Waals surface area contributed by atoms with Gasteiger partial charge in [0.15, 0.2) is 0 Å². The zero-order valence-corrected chi connectivity index (χ0v) is 20.8. The van der Waals surface area contributed by atoms with Crippen LogP contribution in [0.5, 0.6) is 5.75 Å². The summed E-state index contributed by atoms with van der Waals surface area (Å²) in [6, 6.07) is 8.27. The fourth-order valence-electron chi connectivity index (χ4n) is 4.37. The molecule has 1 N–H and O–H groups in total. The fourth-order valence-corrected chi connectivity index (χ4v) is 5.63. The molecule has 194 valence electrons. The van der Waals surface area contributed by atoms with Gasteiger partial charge in [-0.2, -0.15) is 0 Å². The van der Waals surface area contributed by atoms with Crippen molar-refractivity contribution in [3.05, 3.63) is 71.4 Å². The van der Waals surface area contributed by atoms with Crippen LogP contribution < -0.4 is 9.46 Å². The molecule has 0 aliphatic carbocycles. The summed E-state index contributed by atoms with van der Waals surface area (Å²) in [6.07, 6.45) is 4.87. The number of carbonyl (C=O) groups is 1. The Kier molecular flexibility index (Phi) is 7.00. The maximum atomic E-state index is 14.1. The molecule has 0 atom stereocenters. The highest BCUT2D eigenvalue weighted by molar-refractivity contribution is 7.92. The van der Waals surface area contributed by atoms with Crippen molar-refractivity contribution in [2.24, 2.45) is 0 Å². The minimum Gasteiger partial charge on any atom is -0.484 e. The molecule has 2 aliphatic heterocycles. The minimum absolute atomic E-state index is 0.0230. The molecule has 11 heteroatoms. The van der Waals surface area contributed by atoms with Crippen molar-refractivity contribution in [2.75, 3.05) is 44.7 Å². The van der Waals surface area contributed by atoms with Gasteiger partial charge in [0, 0.05) is 30.8 Å². The van der Waals surface area contributed by atoms with Crippen molar-refractivity contribution in [3.63, 3.8) is 0 Å². The quantitative estimate of drug-likeness (QED) is 0.460. The monoisotopic (exact) mass is 528 g/mol. The molecule has 3 aromatic rings. The number of furan rings is 1. The number of methoxy groups -OCH3 is 1. The van der Waals surface area contributed by atoms with Crippen LogP contribution in [0, 0.1) is 5.82 Å². The molecule has 1 fully saturated rings. The number of ether oxygens (including phenoxy) is 3. The van der Waals surface area contributed by atoms with Gasteiger partial charge < -0.3 is 18.6 Å². The SMILES string of the molecule is COC(=O)c1c(NS(=O)(=O)c2ccc(F)cc2C=CCN2CCOCC2)ccc2c1OCc1occc1-2. The van der Waals surface area contributed by atoms with Crippen molar-refractivity contribution < 1.29 is 36.2 Å². The number of halogens is 1. The number of esters is 1. The summed E-state index contributed by atoms with van der Waals surface area (Å²) in [7, 11) is -3.04. The lowest BCUT2D eigenvalue weighted by molar-refractivity contribution is 0.0435. The number of anilines is 1. The average Bonchev–Trinajstić information content (AvgIpc) is 3.38. The molecule has 37 heavy (non-hydrogen) atoms. The Labute approximate surface area is 213 Å². The average molecular weight is 529 g/mol. The van der Waals surface area contributed by atoms with Gasteiger partial charge in [0.05, 0.1) is 37.2 Å². The normalized spacial score (nSPS) is 15.6. The number of hydrogen-bond donors (Lipinski definition) is 1. The molecule has 5 rings (SSSR count). The molecule has 0 unspecified atom stereocenters. The maximum absolute atomic E-state index is 14.1. The standard InChI is InChI=1S/C26H25FN2O7S/c1-33-26(30)24-21(6-5-20-19-8-12-35-22(19)16-36-25(20)24)28-37(31,32)23-7-4-18(27)15-17(23)3-2-9-29-10-13-34-14-11-29/h2-8,12,15,28H,9-11,13-14,16H2,1H3. The van der Waals surface area contributed by atoms with Crippen LogP contribution in [0.4, 0.5) is 10.1 Å². The maximum Gasteiger partial charge on any atom is 0.343 e. The molecule has 2 aliphatic rings. The van der Waals surface area contributed by atoms with E-state index >= 15 is 0 Å². The number of morpholine rings is 1. The zero-order valence-electron chi connectivity index (χ0n) is 20.0. The molecule has 9 nitrogen and oxygen atoms in total. The summed E-state index contributed by atoms with van der Waals surface area (Å²) in [5, 5.41) is 0. The van der Waals surface area contributed by atoms with E-state index in [2.05, 4.69) is 9.62 Å². The van der Waals surface area contributed by atoms with Crippen LogP contribution >= 0.6 is 0 Å². The summed E-state index contributed by atoms with van der Waals surface area (Å²) >= 11 is 0. The van der Waals surface area contributed by atoms with Crippen LogP contribution in [0.25, 0.3) is 17.2 Å². The second-order valence-corrected chi connectivity index (χ2v) is 10.2. The third-order valence-electron chi connectivity index (χ3n) is 6.20. The van der Waals surface area contributed by atoms with Gasteiger partial charge in [0.1, 0.15) is 29.5 Å². The van der Waals surface area contributed by atoms with E-state index in [9.17, 15) is 17.6 Å². The first-order valence-electron chi connectivity index (χ1n) is 11.6. The Balaban J connectivity index is 1.48. The number of benzene rings is 2. The van der Waals surface area contributed by atoms with Crippen LogP contribution in [-0.4, -0.2) is 59.2 Å². The van der Waals surface area contributed by atoms with Crippen LogP contribution in [0.1, 0.15) is 21.7 Å². The van der Waals surface area contributed by atoms with Crippen molar-refractivity contribution in [1.29, 1.82) is 0 Å². The van der Waals surface area contributed by atoms with E-state index in [0.717, 1.165) is 30.8 Å². The van der Waals surface area contributed by atoms with Gasteiger partial charge in [-0.1, -0.05) is 12.2 Å². The first kappa shape index (κ1) is 25.0. The van der Waals surface area contributed by atoms with E-state index in [1.54, 1.807) is 24.3 Å². The number of rotatable bonds is 7. The Morgan fingerprint density at radius 2 is 1.97 bits per heavy atom. The summed E-state index contributed by atoms with van der Waals surface area (Å²) in [4.78, 5) is 14.8. The molecule has 0 radical (unpaired) electrons. The van der Waals surface area contributed by atoms with E-state index in [-0.39, 0.29) is 34.1 Å². The molecule has 3 heterocycles. The van der Waals surface area contributed by atoms with E-state index in [1.807, 2.05) is 0 Å². The minimum atomic E-state index is -4.24. The predicted molar refractivity (Wildman–Crippen MR) is 133 cm³/mol. The molecule has 0 spiro atoms. The highest BCUT2D eigenvalue weighted by Crippen LogP contribution is 2.43. The first-order valence-corrected chi connectivity index (χ1v) is 13.1. The smallest absolute Gasteiger partial charge is 0.343 e. The molecule has 0 saturated carbocycles. The van der Waals surface area contributed by atoms with Crippen LogP contribution in [0.15, 0.2) is 58.1 Å². The Morgan fingerprint density at radius 1 is 1.16 bits per heavy atom. The predicted octanol–water partition coefficient (Wildman–Crippen LogP) is 3.91. The topological polar surface area (TPSA) is 107 Å².